The molecule has 0 bridgehead atoms. The molecule has 0 unspecified atom stereocenters. The fourth-order valence-electron chi connectivity index (χ4n) is 2.30. The molecule has 2 aromatic rings. The van der Waals surface area contributed by atoms with Gasteiger partial charge in [0.1, 0.15) is 5.75 Å². The number of nitrogens with one attached hydrogen (secondary N) is 1. The van der Waals surface area contributed by atoms with Crippen LogP contribution in [0.1, 0.15) is 24.0 Å². The first-order valence-electron chi connectivity index (χ1n) is 7.40. The van der Waals surface area contributed by atoms with Gasteiger partial charge in [0.25, 0.3) is 0 Å². The van der Waals surface area contributed by atoms with E-state index in [9.17, 15) is 0 Å². The van der Waals surface area contributed by atoms with E-state index in [0.29, 0.717) is 0 Å². The topological polar surface area (TPSA) is 21.3 Å². The molecule has 3 rings (SSSR count). The number of para-hydroxylation sites is 1. The number of methoxy groups -OCH3 is 1. The minimum Gasteiger partial charge on any atom is -0.496 e. The van der Waals surface area contributed by atoms with Gasteiger partial charge in [-0.1, -0.05) is 30.0 Å². The highest BCUT2D eigenvalue weighted by Crippen LogP contribution is 2.35. The van der Waals surface area contributed by atoms with Crippen molar-refractivity contribution in [3.8, 4) is 5.75 Å². The molecule has 3 heteroatoms. The number of benzene rings is 2. The maximum Gasteiger partial charge on any atom is 0.132 e. The summed E-state index contributed by atoms with van der Waals surface area (Å²) in [7, 11) is 1.72. The van der Waals surface area contributed by atoms with E-state index in [1.807, 2.05) is 18.2 Å². The fraction of sp³-hybridized carbons (Fsp3) is 0.333. The SMILES string of the molecule is COc1ccccc1Sc1ccc(CNC2CC2)c(C)c1. The molecule has 0 heterocycles. The maximum atomic E-state index is 5.41. The van der Waals surface area contributed by atoms with E-state index in [4.69, 9.17) is 4.74 Å². The zero-order valence-electron chi connectivity index (χ0n) is 12.6. The Hall–Kier alpha value is -1.45. The summed E-state index contributed by atoms with van der Waals surface area (Å²) < 4.78 is 5.41. The molecule has 1 N–H and O–H groups in total. The standard InChI is InChI=1S/C18H21NOS/c1-13-11-16(10-7-14(13)12-19-15-8-9-15)21-18-6-4-3-5-17(18)20-2/h3-7,10-11,15,19H,8-9,12H2,1-2H3. The third-order valence-electron chi connectivity index (χ3n) is 3.77. The molecule has 2 nitrogen and oxygen atoms in total. The van der Waals surface area contributed by atoms with Crippen LogP contribution >= 0.6 is 11.8 Å². The third kappa shape index (κ3) is 3.80. The lowest BCUT2D eigenvalue weighted by Crippen LogP contribution is -2.15. The van der Waals surface area contributed by atoms with Gasteiger partial charge in [0.15, 0.2) is 0 Å². The summed E-state index contributed by atoms with van der Waals surface area (Å²) in [6, 6.07) is 15.6. The van der Waals surface area contributed by atoms with Crippen LogP contribution in [0.15, 0.2) is 52.3 Å². The first-order valence-corrected chi connectivity index (χ1v) is 8.21. The normalized spacial score (nSPS) is 14.2. The van der Waals surface area contributed by atoms with Gasteiger partial charge in [0, 0.05) is 17.5 Å². The highest BCUT2D eigenvalue weighted by atomic mass is 32.2. The van der Waals surface area contributed by atoms with E-state index in [2.05, 4.69) is 36.5 Å². The largest absolute Gasteiger partial charge is 0.496 e. The predicted octanol–water partition coefficient (Wildman–Crippen LogP) is 4.41. The Labute approximate surface area is 130 Å². The summed E-state index contributed by atoms with van der Waals surface area (Å²) in [6.45, 7) is 3.17. The molecule has 110 valence electrons. The number of hydrogen-bond donors (Lipinski definition) is 1. The van der Waals surface area contributed by atoms with Gasteiger partial charge >= 0.3 is 0 Å². The first-order chi connectivity index (χ1) is 10.3. The Morgan fingerprint density at radius 3 is 2.71 bits per heavy atom. The van der Waals surface area contributed by atoms with E-state index < -0.39 is 0 Å². The Morgan fingerprint density at radius 2 is 2.00 bits per heavy atom. The van der Waals surface area contributed by atoms with Gasteiger partial charge in [-0.2, -0.15) is 0 Å². The van der Waals surface area contributed by atoms with Gasteiger partial charge in [-0.15, -0.1) is 0 Å². The van der Waals surface area contributed by atoms with Gasteiger partial charge in [-0.3, -0.25) is 0 Å². The van der Waals surface area contributed by atoms with E-state index in [1.54, 1.807) is 18.9 Å². The van der Waals surface area contributed by atoms with Crippen molar-refractivity contribution in [1.82, 2.24) is 5.32 Å². The molecular weight excluding hydrogens is 278 g/mol. The smallest absolute Gasteiger partial charge is 0.132 e. The third-order valence-corrected chi connectivity index (χ3v) is 4.82. The van der Waals surface area contributed by atoms with Crippen LogP contribution in [0, 0.1) is 6.92 Å². The Morgan fingerprint density at radius 1 is 1.19 bits per heavy atom. The van der Waals surface area contributed by atoms with Gasteiger partial charge in [-0.25, -0.2) is 0 Å². The van der Waals surface area contributed by atoms with E-state index >= 15 is 0 Å². The van der Waals surface area contributed by atoms with E-state index in [0.717, 1.165) is 23.2 Å². The van der Waals surface area contributed by atoms with Crippen LogP contribution in [0.5, 0.6) is 5.75 Å². The maximum absolute atomic E-state index is 5.41. The van der Waals surface area contributed by atoms with Crippen LogP contribution in [0.2, 0.25) is 0 Å². The number of aryl methyl sites for hydroxylation is 1. The summed E-state index contributed by atoms with van der Waals surface area (Å²) in [5.41, 5.74) is 2.74. The lowest BCUT2D eigenvalue weighted by Gasteiger charge is -2.11. The first kappa shape index (κ1) is 14.5. The summed E-state index contributed by atoms with van der Waals surface area (Å²) in [4.78, 5) is 2.41. The van der Waals surface area contributed by atoms with Crippen LogP contribution in [0.25, 0.3) is 0 Å². The summed E-state index contributed by atoms with van der Waals surface area (Å²) in [6.07, 6.45) is 2.67. The zero-order chi connectivity index (χ0) is 14.7. The van der Waals surface area contributed by atoms with Crippen molar-refractivity contribution >= 4 is 11.8 Å². The van der Waals surface area contributed by atoms with Gasteiger partial charge in [0.2, 0.25) is 0 Å². The molecule has 0 radical (unpaired) electrons. The quantitative estimate of drug-likeness (QED) is 0.854. The summed E-state index contributed by atoms with van der Waals surface area (Å²) in [5.74, 6) is 0.930. The van der Waals surface area contributed by atoms with E-state index in [-0.39, 0.29) is 0 Å². The van der Waals surface area contributed by atoms with Gasteiger partial charge in [0.05, 0.1) is 12.0 Å². The average Bonchev–Trinajstić information content (AvgIpc) is 3.31. The van der Waals surface area contributed by atoms with Gasteiger partial charge in [-0.05, 0) is 55.2 Å². The second-order valence-corrected chi connectivity index (χ2v) is 6.61. The molecule has 1 aliphatic rings. The predicted molar refractivity (Wildman–Crippen MR) is 88.2 cm³/mol. The average molecular weight is 299 g/mol. The summed E-state index contributed by atoms with van der Waals surface area (Å²) in [5, 5.41) is 3.57. The van der Waals surface area contributed by atoms with Crippen LogP contribution in [0.4, 0.5) is 0 Å². The Kier molecular flexibility index (Phi) is 4.51. The summed E-state index contributed by atoms with van der Waals surface area (Å²) >= 11 is 1.75. The molecule has 0 aliphatic heterocycles. The van der Waals surface area contributed by atoms with Crippen LogP contribution in [0.3, 0.4) is 0 Å². The van der Waals surface area contributed by atoms with Crippen LogP contribution < -0.4 is 10.1 Å². The van der Waals surface area contributed by atoms with Crippen molar-refractivity contribution in [2.45, 2.75) is 42.1 Å². The molecule has 0 amide bonds. The second kappa shape index (κ2) is 6.54. The molecular formula is C18H21NOS. The van der Waals surface area contributed by atoms with Crippen molar-refractivity contribution in [3.05, 3.63) is 53.6 Å². The fourth-order valence-corrected chi connectivity index (χ4v) is 3.33. The van der Waals surface area contributed by atoms with Crippen molar-refractivity contribution in [3.63, 3.8) is 0 Å². The zero-order valence-corrected chi connectivity index (χ0v) is 13.4. The molecule has 1 aliphatic carbocycles. The molecule has 0 atom stereocenters. The second-order valence-electron chi connectivity index (χ2n) is 5.50. The minimum absolute atomic E-state index is 0.757. The highest BCUT2D eigenvalue weighted by Gasteiger charge is 2.20. The number of rotatable bonds is 6. The monoisotopic (exact) mass is 299 g/mol. The van der Waals surface area contributed by atoms with Gasteiger partial charge < -0.3 is 10.1 Å². The lowest BCUT2D eigenvalue weighted by atomic mass is 10.1. The number of hydrogen-bond acceptors (Lipinski definition) is 3. The molecule has 1 fully saturated rings. The molecule has 2 aromatic carbocycles. The van der Waals surface area contributed by atoms with Crippen molar-refractivity contribution in [2.75, 3.05) is 7.11 Å². The molecule has 0 spiro atoms. The lowest BCUT2D eigenvalue weighted by molar-refractivity contribution is 0.405. The Balaban J connectivity index is 1.71. The van der Waals surface area contributed by atoms with Crippen LogP contribution in [-0.4, -0.2) is 13.2 Å². The minimum atomic E-state index is 0.757. The van der Waals surface area contributed by atoms with Crippen molar-refractivity contribution < 1.29 is 4.74 Å². The Bertz CT molecular complexity index is 622. The highest BCUT2D eigenvalue weighted by molar-refractivity contribution is 7.99. The van der Waals surface area contributed by atoms with Crippen molar-refractivity contribution in [1.29, 1.82) is 0 Å². The molecule has 0 saturated heterocycles. The molecule has 0 aromatic heterocycles. The number of ether oxygens (including phenoxy) is 1. The molecule has 21 heavy (non-hydrogen) atoms. The van der Waals surface area contributed by atoms with Crippen LogP contribution in [-0.2, 0) is 6.54 Å². The van der Waals surface area contributed by atoms with E-state index in [1.165, 1.54) is 28.9 Å². The van der Waals surface area contributed by atoms with Crippen molar-refractivity contribution in [2.24, 2.45) is 0 Å². The molecule has 1 saturated carbocycles.